The number of urea groups is 1. The summed E-state index contributed by atoms with van der Waals surface area (Å²) in [6.45, 7) is 1.91. The molecule has 0 saturated carbocycles. The lowest BCUT2D eigenvalue weighted by Gasteiger charge is -2.22. The van der Waals surface area contributed by atoms with Gasteiger partial charge in [0.25, 0.3) is 5.91 Å². The van der Waals surface area contributed by atoms with Crippen LogP contribution in [0.25, 0.3) is 0 Å². The second kappa shape index (κ2) is 5.67. The number of ether oxygens (including phenoxy) is 2. The van der Waals surface area contributed by atoms with Crippen molar-refractivity contribution < 1.29 is 19.1 Å². The Bertz CT molecular complexity index is 871. The molecule has 0 aliphatic carbocycles. The van der Waals surface area contributed by atoms with Gasteiger partial charge in [-0.15, -0.1) is 0 Å². The molecule has 0 radical (unpaired) electrons. The molecule has 128 valence electrons. The Labute approximate surface area is 149 Å². The quantitative estimate of drug-likeness (QED) is 0.856. The first-order valence-electron chi connectivity index (χ1n) is 7.77. The fourth-order valence-electron chi connectivity index (χ4n) is 3.10. The van der Waals surface area contributed by atoms with Gasteiger partial charge in [0.1, 0.15) is 5.54 Å². The summed E-state index contributed by atoms with van der Waals surface area (Å²) in [7, 11) is 0. The molecule has 0 unspecified atom stereocenters. The molecule has 0 spiro atoms. The largest absolute Gasteiger partial charge is 0.454 e. The van der Waals surface area contributed by atoms with E-state index in [1.54, 1.807) is 19.1 Å². The molecule has 1 saturated heterocycles. The van der Waals surface area contributed by atoms with Crippen LogP contribution in [0.5, 0.6) is 11.5 Å². The highest BCUT2D eigenvalue weighted by molar-refractivity contribution is 6.32. The predicted octanol–water partition coefficient (Wildman–Crippen LogP) is 3.04. The lowest BCUT2D eigenvalue weighted by molar-refractivity contribution is -0.131. The number of halogens is 1. The van der Waals surface area contributed by atoms with Gasteiger partial charge in [-0.3, -0.25) is 9.69 Å². The minimum atomic E-state index is -1.08. The van der Waals surface area contributed by atoms with Crippen molar-refractivity contribution in [2.45, 2.75) is 19.0 Å². The van der Waals surface area contributed by atoms with E-state index < -0.39 is 11.6 Å². The average Bonchev–Trinajstić information content (AvgIpc) is 3.16. The van der Waals surface area contributed by atoms with E-state index in [1.165, 1.54) is 4.90 Å². The summed E-state index contributed by atoms with van der Waals surface area (Å²) in [5, 5.41) is 3.17. The fraction of sp³-hybridized carbons (Fsp3) is 0.222. The second-order valence-corrected chi connectivity index (χ2v) is 6.53. The maximum atomic E-state index is 12.9. The molecule has 1 N–H and O–H groups in total. The van der Waals surface area contributed by atoms with Gasteiger partial charge in [-0.1, -0.05) is 41.9 Å². The fourth-order valence-corrected chi connectivity index (χ4v) is 3.39. The van der Waals surface area contributed by atoms with Gasteiger partial charge in [-0.2, -0.15) is 0 Å². The standard InChI is InChI=1S/C18H15ClN2O4/c1-18(12-5-3-2-4-6-12)16(22)21(17(23)20-18)9-11-7-13(19)15-14(8-11)24-10-25-15/h2-8H,9-10H2,1H3,(H,20,23)/t18-/m0/s1. The molecule has 6 nitrogen and oxygen atoms in total. The number of fused-ring (bicyclic) bond motifs is 1. The summed E-state index contributed by atoms with van der Waals surface area (Å²) < 4.78 is 10.6. The zero-order valence-corrected chi connectivity index (χ0v) is 14.2. The number of carbonyl (C=O) groups is 2. The summed E-state index contributed by atoms with van der Waals surface area (Å²) in [5.74, 6) is 0.689. The summed E-state index contributed by atoms with van der Waals surface area (Å²) in [6, 6.07) is 12.1. The minimum Gasteiger partial charge on any atom is -0.454 e. The van der Waals surface area contributed by atoms with Crippen LogP contribution in [0.4, 0.5) is 4.79 Å². The van der Waals surface area contributed by atoms with E-state index in [-0.39, 0.29) is 19.2 Å². The van der Waals surface area contributed by atoms with Gasteiger partial charge in [0.15, 0.2) is 11.5 Å². The maximum absolute atomic E-state index is 12.9. The first-order chi connectivity index (χ1) is 12.0. The third kappa shape index (κ3) is 2.49. The third-order valence-electron chi connectivity index (χ3n) is 4.45. The summed E-state index contributed by atoms with van der Waals surface area (Å²) >= 11 is 6.18. The van der Waals surface area contributed by atoms with Crippen molar-refractivity contribution in [3.8, 4) is 11.5 Å². The molecular weight excluding hydrogens is 344 g/mol. The van der Waals surface area contributed by atoms with Gasteiger partial charge < -0.3 is 14.8 Å². The third-order valence-corrected chi connectivity index (χ3v) is 4.73. The van der Waals surface area contributed by atoms with Crippen LogP contribution in [0.2, 0.25) is 5.02 Å². The van der Waals surface area contributed by atoms with Crippen molar-refractivity contribution in [2.24, 2.45) is 0 Å². The first kappa shape index (κ1) is 15.8. The minimum absolute atomic E-state index is 0.101. The molecule has 2 heterocycles. The first-order valence-corrected chi connectivity index (χ1v) is 8.14. The Balaban J connectivity index is 1.63. The molecule has 2 aliphatic rings. The Hall–Kier alpha value is -2.73. The Morgan fingerprint density at radius 2 is 1.96 bits per heavy atom. The van der Waals surface area contributed by atoms with Gasteiger partial charge in [0.2, 0.25) is 6.79 Å². The summed E-state index contributed by atoms with van der Waals surface area (Å²) in [5.41, 5.74) is 0.341. The zero-order valence-electron chi connectivity index (χ0n) is 13.4. The summed E-state index contributed by atoms with van der Waals surface area (Å²) in [6.07, 6.45) is 0. The number of benzene rings is 2. The van der Waals surface area contributed by atoms with Crippen molar-refractivity contribution >= 4 is 23.5 Å². The number of nitrogens with zero attached hydrogens (tertiary/aromatic N) is 1. The topological polar surface area (TPSA) is 67.9 Å². The lowest BCUT2D eigenvalue weighted by Crippen LogP contribution is -2.40. The lowest BCUT2D eigenvalue weighted by atomic mass is 9.92. The molecular formula is C18H15ClN2O4. The maximum Gasteiger partial charge on any atom is 0.325 e. The van der Waals surface area contributed by atoms with Gasteiger partial charge >= 0.3 is 6.03 Å². The van der Waals surface area contributed by atoms with Crippen molar-refractivity contribution in [1.82, 2.24) is 10.2 Å². The van der Waals surface area contributed by atoms with Crippen molar-refractivity contribution in [3.63, 3.8) is 0 Å². The zero-order chi connectivity index (χ0) is 17.6. The predicted molar refractivity (Wildman–Crippen MR) is 90.5 cm³/mol. The number of imide groups is 1. The Morgan fingerprint density at radius 1 is 1.20 bits per heavy atom. The van der Waals surface area contributed by atoms with Crippen LogP contribution in [-0.2, 0) is 16.9 Å². The molecule has 3 amide bonds. The molecule has 2 aromatic carbocycles. The molecule has 7 heteroatoms. The number of rotatable bonds is 3. The number of amides is 3. The Kier molecular flexibility index (Phi) is 3.58. The van der Waals surface area contributed by atoms with Crippen LogP contribution in [0.15, 0.2) is 42.5 Å². The highest BCUT2D eigenvalue weighted by Gasteiger charge is 2.48. The highest BCUT2D eigenvalue weighted by atomic mass is 35.5. The second-order valence-electron chi connectivity index (χ2n) is 6.12. The molecule has 1 fully saturated rings. The summed E-state index contributed by atoms with van der Waals surface area (Å²) in [4.78, 5) is 26.5. The monoisotopic (exact) mass is 358 g/mol. The van der Waals surface area contributed by atoms with Crippen LogP contribution in [0.1, 0.15) is 18.1 Å². The van der Waals surface area contributed by atoms with Gasteiger partial charge in [-0.25, -0.2) is 4.79 Å². The number of nitrogens with one attached hydrogen (secondary N) is 1. The molecule has 4 rings (SSSR count). The van der Waals surface area contributed by atoms with E-state index in [1.807, 2.05) is 30.3 Å². The van der Waals surface area contributed by atoms with Crippen molar-refractivity contribution in [3.05, 3.63) is 58.6 Å². The normalized spacial score (nSPS) is 21.6. The SMILES string of the molecule is C[C@@]1(c2ccccc2)NC(=O)N(Cc2cc(Cl)c3c(c2)OCO3)C1=O. The van der Waals surface area contributed by atoms with E-state index >= 15 is 0 Å². The van der Waals surface area contributed by atoms with E-state index in [2.05, 4.69) is 5.32 Å². The smallest absolute Gasteiger partial charge is 0.325 e. The van der Waals surface area contributed by atoms with Gasteiger partial charge in [0, 0.05) is 0 Å². The van der Waals surface area contributed by atoms with Crippen LogP contribution < -0.4 is 14.8 Å². The molecule has 0 aromatic heterocycles. The van der Waals surface area contributed by atoms with Crippen LogP contribution >= 0.6 is 11.6 Å². The Morgan fingerprint density at radius 3 is 2.72 bits per heavy atom. The van der Waals surface area contributed by atoms with E-state index in [4.69, 9.17) is 21.1 Å². The molecule has 2 aromatic rings. The molecule has 25 heavy (non-hydrogen) atoms. The van der Waals surface area contributed by atoms with Gasteiger partial charge in [0.05, 0.1) is 11.6 Å². The number of hydrogen-bond acceptors (Lipinski definition) is 4. The van der Waals surface area contributed by atoms with E-state index in [0.29, 0.717) is 22.1 Å². The molecule has 1 atom stereocenters. The van der Waals surface area contributed by atoms with Crippen LogP contribution in [-0.4, -0.2) is 23.6 Å². The van der Waals surface area contributed by atoms with E-state index in [9.17, 15) is 9.59 Å². The van der Waals surface area contributed by atoms with Gasteiger partial charge in [-0.05, 0) is 30.2 Å². The highest BCUT2D eigenvalue weighted by Crippen LogP contribution is 2.40. The van der Waals surface area contributed by atoms with Crippen LogP contribution in [0, 0.1) is 0 Å². The molecule has 2 aliphatic heterocycles. The van der Waals surface area contributed by atoms with Crippen molar-refractivity contribution in [1.29, 1.82) is 0 Å². The number of hydrogen-bond donors (Lipinski definition) is 1. The molecule has 0 bridgehead atoms. The average molecular weight is 359 g/mol. The van der Waals surface area contributed by atoms with E-state index in [0.717, 1.165) is 5.56 Å². The van der Waals surface area contributed by atoms with Crippen LogP contribution in [0.3, 0.4) is 0 Å². The number of carbonyl (C=O) groups excluding carboxylic acids is 2. The van der Waals surface area contributed by atoms with Crippen molar-refractivity contribution in [2.75, 3.05) is 6.79 Å².